The van der Waals surface area contributed by atoms with Crippen LogP contribution in [0.2, 0.25) is 0 Å². The molecule has 1 amide bonds. The maximum Gasteiger partial charge on any atom is 0.262 e. The first-order chi connectivity index (χ1) is 11.4. The first kappa shape index (κ1) is 18.1. The van der Waals surface area contributed by atoms with Crippen molar-refractivity contribution in [2.75, 3.05) is 18.5 Å². The number of anilines is 1. The van der Waals surface area contributed by atoms with E-state index in [0.717, 1.165) is 15.6 Å². The first-order valence-corrected chi connectivity index (χ1v) is 8.29. The molecule has 0 aliphatic rings. The van der Waals surface area contributed by atoms with Gasteiger partial charge < -0.3 is 14.8 Å². The van der Waals surface area contributed by atoms with Crippen LogP contribution in [0.5, 0.6) is 11.5 Å². The van der Waals surface area contributed by atoms with E-state index in [1.54, 1.807) is 12.1 Å². The normalized spacial score (nSPS) is 10.1. The maximum absolute atomic E-state index is 12.0. The Morgan fingerprint density at radius 1 is 1.12 bits per heavy atom. The highest BCUT2D eigenvalue weighted by molar-refractivity contribution is 9.10. The van der Waals surface area contributed by atoms with Gasteiger partial charge in [0.1, 0.15) is 18.1 Å². The number of benzene rings is 2. The molecule has 0 atom stereocenters. The summed E-state index contributed by atoms with van der Waals surface area (Å²) < 4.78 is 12.1. The van der Waals surface area contributed by atoms with E-state index in [2.05, 4.69) is 27.8 Å². The third-order valence-electron chi connectivity index (χ3n) is 3.10. The molecule has 0 saturated carbocycles. The Kier molecular flexibility index (Phi) is 6.44. The minimum Gasteiger partial charge on any atom is -0.489 e. The largest absolute Gasteiger partial charge is 0.489 e. The molecule has 5 heteroatoms. The van der Waals surface area contributed by atoms with Crippen molar-refractivity contribution in [3.8, 4) is 11.5 Å². The van der Waals surface area contributed by atoms with Crippen molar-refractivity contribution in [2.24, 2.45) is 0 Å². The van der Waals surface area contributed by atoms with Crippen molar-refractivity contribution in [1.82, 2.24) is 0 Å². The molecule has 0 spiro atoms. The Morgan fingerprint density at radius 2 is 1.83 bits per heavy atom. The van der Waals surface area contributed by atoms with Crippen LogP contribution in [0, 0.1) is 6.92 Å². The van der Waals surface area contributed by atoms with Crippen LogP contribution in [-0.2, 0) is 4.79 Å². The molecule has 24 heavy (non-hydrogen) atoms. The van der Waals surface area contributed by atoms with Gasteiger partial charge in [-0.25, -0.2) is 0 Å². The molecule has 0 bridgehead atoms. The molecule has 0 aromatic heterocycles. The standard InChI is InChI=1S/C19H20BrNO3/c1-13(2)11-23-16-6-4-5-15(10-16)21-19(22)12-24-17-7-8-18(20)14(3)9-17/h4-10H,1,11-12H2,2-3H3,(H,21,22). The lowest BCUT2D eigenvalue weighted by atomic mass is 10.2. The molecule has 0 saturated heterocycles. The van der Waals surface area contributed by atoms with Gasteiger partial charge in [-0.05, 0) is 55.3 Å². The number of hydrogen-bond donors (Lipinski definition) is 1. The van der Waals surface area contributed by atoms with Crippen LogP contribution in [0.1, 0.15) is 12.5 Å². The molecular weight excluding hydrogens is 370 g/mol. The summed E-state index contributed by atoms with van der Waals surface area (Å²) in [5.41, 5.74) is 2.65. The van der Waals surface area contributed by atoms with E-state index in [1.807, 2.05) is 44.2 Å². The van der Waals surface area contributed by atoms with Gasteiger partial charge in [-0.1, -0.05) is 28.6 Å². The predicted molar refractivity (Wildman–Crippen MR) is 99.8 cm³/mol. The van der Waals surface area contributed by atoms with Crippen LogP contribution < -0.4 is 14.8 Å². The van der Waals surface area contributed by atoms with E-state index in [4.69, 9.17) is 9.47 Å². The highest BCUT2D eigenvalue weighted by Crippen LogP contribution is 2.22. The van der Waals surface area contributed by atoms with E-state index >= 15 is 0 Å². The Morgan fingerprint density at radius 3 is 2.54 bits per heavy atom. The molecule has 2 aromatic carbocycles. The number of ether oxygens (including phenoxy) is 2. The lowest BCUT2D eigenvalue weighted by Gasteiger charge is -2.10. The van der Waals surface area contributed by atoms with Crippen molar-refractivity contribution < 1.29 is 14.3 Å². The van der Waals surface area contributed by atoms with Gasteiger partial charge in [-0.2, -0.15) is 0 Å². The van der Waals surface area contributed by atoms with Gasteiger partial charge in [-0.15, -0.1) is 0 Å². The van der Waals surface area contributed by atoms with E-state index in [0.29, 0.717) is 23.8 Å². The Hall–Kier alpha value is -2.27. The lowest BCUT2D eigenvalue weighted by Crippen LogP contribution is -2.20. The SMILES string of the molecule is C=C(C)COc1cccc(NC(=O)COc2ccc(Br)c(C)c2)c1. The smallest absolute Gasteiger partial charge is 0.262 e. The summed E-state index contributed by atoms with van der Waals surface area (Å²) in [5, 5.41) is 2.79. The van der Waals surface area contributed by atoms with E-state index in [9.17, 15) is 4.79 Å². The van der Waals surface area contributed by atoms with Crippen molar-refractivity contribution in [3.05, 3.63) is 64.7 Å². The molecule has 0 aliphatic heterocycles. The lowest BCUT2D eigenvalue weighted by molar-refractivity contribution is -0.118. The summed E-state index contributed by atoms with van der Waals surface area (Å²) in [6.45, 7) is 8.04. The van der Waals surface area contributed by atoms with Crippen molar-refractivity contribution in [2.45, 2.75) is 13.8 Å². The average molecular weight is 390 g/mol. The van der Waals surface area contributed by atoms with E-state index < -0.39 is 0 Å². The summed E-state index contributed by atoms with van der Waals surface area (Å²) in [6, 6.07) is 12.8. The molecule has 2 aromatic rings. The Labute approximate surface area is 150 Å². The second-order valence-electron chi connectivity index (χ2n) is 5.52. The predicted octanol–water partition coefficient (Wildman–Crippen LogP) is 4.73. The summed E-state index contributed by atoms with van der Waals surface area (Å²) >= 11 is 3.43. The van der Waals surface area contributed by atoms with E-state index in [1.165, 1.54) is 0 Å². The fourth-order valence-electron chi connectivity index (χ4n) is 1.92. The number of aryl methyl sites for hydroxylation is 1. The van der Waals surface area contributed by atoms with Crippen LogP contribution in [0.25, 0.3) is 0 Å². The van der Waals surface area contributed by atoms with Crippen molar-refractivity contribution in [1.29, 1.82) is 0 Å². The van der Waals surface area contributed by atoms with Gasteiger partial charge in [0.2, 0.25) is 0 Å². The summed E-state index contributed by atoms with van der Waals surface area (Å²) in [7, 11) is 0. The Balaban J connectivity index is 1.88. The number of halogens is 1. The monoisotopic (exact) mass is 389 g/mol. The molecule has 0 heterocycles. The molecule has 0 fully saturated rings. The third-order valence-corrected chi connectivity index (χ3v) is 3.99. The topological polar surface area (TPSA) is 47.6 Å². The van der Waals surface area contributed by atoms with Gasteiger partial charge in [0, 0.05) is 16.2 Å². The molecule has 4 nitrogen and oxygen atoms in total. The number of carbonyl (C=O) groups excluding carboxylic acids is 1. The van der Waals surface area contributed by atoms with Gasteiger partial charge in [0.15, 0.2) is 6.61 Å². The maximum atomic E-state index is 12.0. The van der Waals surface area contributed by atoms with Crippen LogP contribution in [0.15, 0.2) is 59.1 Å². The highest BCUT2D eigenvalue weighted by atomic mass is 79.9. The number of rotatable bonds is 7. The first-order valence-electron chi connectivity index (χ1n) is 7.50. The molecular formula is C19H20BrNO3. The van der Waals surface area contributed by atoms with Crippen LogP contribution in [0.4, 0.5) is 5.69 Å². The van der Waals surface area contributed by atoms with Crippen molar-refractivity contribution >= 4 is 27.5 Å². The minimum absolute atomic E-state index is 0.0576. The second-order valence-corrected chi connectivity index (χ2v) is 6.38. The molecule has 126 valence electrons. The second kappa shape index (κ2) is 8.55. The summed E-state index contributed by atoms with van der Waals surface area (Å²) in [4.78, 5) is 12.0. The fourth-order valence-corrected chi connectivity index (χ4v) is 2.17. The summed E-state index contributed by atoms with van der Waals surface area (Å²) in [6.07, 6.45) is 0. The molecule has 0 unspecified atom stereocenters. The zero-order valence-electron chi connectivity index (χ0n) is 13.8. The molecule has 0 aliphatic carbocycles. The quantitative estimate of drug-likeness (QED) is 0.696. The third kappa shape index (κ3) is 5.74. The number of amides is 1. The van der Waals surface area contributed by atoms with Crippen molar-refractivity contribution in [3.63, 3.8) is 0 Å². The molecule has 0 radical (unpaired) electrons. The number of carbonyl (C=O) groups is 1. The molecule has 2 rings (SSSR count). The van der Waals surface area contributed by atoms with Crippen LogP contribution in [-0.4, -0.2) is 19.1 Å². The fraction of sp³-hybridized carbons (Fsp3) is 0.211. The van der Waals surface area contributed by atoms with Gasteiger partial charge >= 0.3 is 0 Å². The van der Waals surface area contributed by atoms with Crippen LogP contribution in [0.3, 0.4) is 0 Å². The highest BCUT2D eigenvalue weighted by Gasteiger charge is 2.06. The Bertz CT molecular complexity index is 743. The van der Waals surface area contributed by atoms with Gasteiger partial charge in [0.25, 0.3) is 5.91 Å². The molecule has 1 N–H and O–H groups in total. The van der Waals surface area contributed by atoms with Gasteiger partial charge in [0.05, 0.1) is 0 Å². The number of nitrogens with one attached hydrogen (secondary N) is 1. The van der Waals surface area contributed by atoms with Crippen LogP contribution >= 0.6 is 15.9 Å². The van der Waals surface area contributed by atoms with Gasteiger partial charge in [-0.3, -0.25) is 4.79 Å². The minimum atomic E-state index is -0.229. The number of hydrogen-bond acceptors (Lipinski definition) is 3. The average Bonchev–Trinajstić information content (AvgIpc) is 2.54. The summed E-state index contributed by atoms with van der Waals surface area (Å²) in [5.74, 6) is 1.11. The van der Waals surface area contributed by atoms with E-state index in [-0.39, 0.29) is 12.5 Å². The zero-order valence-corrected chi connectivity index (χ0v) is 15.4. The zero-order chi connectivity index (χ0) is 17.5.